The van der Waals surface area contributed by atoms with Crippen molar-refractivity contribution in [3.8, 4) is 0 Å². The van der Waals surface area contributed by atoms with Crippen molar-refractivity contribution in [1.29, 1.82) is 0 Å². The molecule has 0 N–H and O–H groups in total. The third kappa shape index (κ3) is 5.12. The van der Waals surface area contributed by atoms with Crippen molar-refractivity contribution in [2.75, 3.05) is 0 Å². The summed E-state index contributed by atoms with van der Waals surface area (Å²) in [4.78, 5) is 0. The fourth-order valence-electron chi connectivity index (χ4n) is 4.10. The van der Waals surface area contributed by atoms with Crippen molar-refractivity contribution >= 4 is 34.4 Å². The van der Waals surface area contributed by atoms with Gasteiger partial charge in [0.2, 0.25) is 0 Å². The zero-order valence-electron chi connectivity index (χ0n) is 15.8. The van der Waals surface area contributed by atoms with Gasteiger partial charge in [-0.1, -0.05) is 113 Å². The maximum absolute atomic E-state index is 6.56. The molecule has 2 bridgehead atoms. The second-order valence-corrected chi connectivity index (χ2v) is 12.1. The summed E-state index contributed by atoms with van der Waals surface area (Å²) < 4.78 is 0. The fourth-order valence-corrected chi connectivity index (χ4v) is 6.32. The number of halogens is 2. The van der Waals surface area contributed by atoms with E-state index in [2.05, 4.69) is 45.9 Å². The first kappa shape index (κ1) is 20.5. The van der Waals surface area contributed by atoms with Crippen molar-refractivity contribution in [3.05, 3.63) is 29.3 Å². The average Bonchev–Trinajstić information content (AvgIpc) is 2.51. The van der Waals surface area contributed by atoms with E-state index in [1.54, 1.807) is 0 Å². The Labute approximate surface area is 160 Å². The van der Waals surface area contributed by atoms with Crippen molar-refractivity contribution in [3.63, 3.8) is 0 Å². The summed E-state index contributed by atoms with van der Waals surface area (Å²) in [6, 6.07) is 6.75. The predicted octanol–water partition coefficient (Wildman–Crippen LogP) is 8.18. The molecule has 1 aliphatic rings. The minimum absolute atomic E-state index is 0.135. The van der Waals surface area contributed by atoms with Gasteiger partial charge in [0.1, 0.15) is 6.63 Å². The van der Waals surface area contributed by atoms with Crippen LogP contribution in [0, 0.1) is 0 Å². The van der Waals surface area contributed by atoms with Gasteiger partial charge in [-0.25, -0.2) is 0 Å². The monoisotopic (exact) mass is 386 g/mol. The molecule has 0 nitrogen and oxygen atoms in total. The van der Waals surface area contributed by atoms with Gasteiger partial charge in [-0.2, -0.15) is 0 Å². The number of fused-ring (bicyclic) bond motifs is 2. The average molecular weight is 387 g/mol. The van der Waals surface area contributed by atoms with Crippen LogP contribution in [0.2, 0.25) is 0 Å². The molecule has 0 spiro atoms. The van der Waals surface area contributed by atoms with Crippen LogP contribution in [0.25, 0.3) is 0 Å². The van der Waals surface area contributed by atoms with Crippen LogP contribution in [0.4, 0.5) is 0 Å². The van der Waals surface area contributed by atoms with Gasteiger partial charge in [-0.05, 0) is 34.8 Å². The molecular weight excluding hydrogens is 354 g/mol. The van der Waals surface area contributed by atoms with E-state index in [4.69, 9.17) is 22.5 Å². The quantitative estimate of drug-likeness (QED) is 0.426. The minimum Gasteiger partial charge on any atom is -0.0727 e. The lowest BCUT2D eigenvalue weighted by atomic mass is 9.74. The van der Waals surface area contributed by atoms with Crippen LogP contribution in [0.3, 0.4) is 0 Å². The van der Waals surface area contributed by atoms with E-state index in [0.717, 1.165) is 0 Å². The maximum Gasteiger partial charge on any atom is 0.117 e. The lowest BCUT2D eigenvalue weighted by molar-refractivity contribution is 0.422. The first-order chi connectivity index (χ1) is 11.3. The van der Waals surface area contributed by atoms with E-state index in [1.807, 2.05) is 0 Å². The van der Waals surface area contributed by atoms with Crippen LogP contribution in [-0.2, 0) is 10.8 Å². The molecule has 3 heteroatoms. The first-order valence-corrected chi connectivity index (χ1v) is 12.7. The van der Waals surface area contributed by atoms with Crippen LogP contribution >= 0.6 is 29.1 Å². The van der Waals surface area contributed by atoms with Crippen LogP contribution in [0.15, 0.2) is 18.2 Å². The molecule has 0 saturated heterocycles. The van der Waals surface area contributed by atoms with E-state index in [9.17, 15) is 0 Å². The van der Waals surface area contributed by atoms with Gasteiger partial charge in [-0.15, -0.1) is 0 Å². The standard InChI is InChI=1S/C21H33Cl2P/c1-20(2)15-10-8-6-5-7-9-11-16-21(3,4)18-14-12-13-17(20)19(18)24(22)23/h12-14H,5-11,15-16H2,1-4H3. The van der Waals surface area contributed by atoms with Crippen molar-refractivity contribution in [2.45, 2.75) is 96.3 Å². The van der Waals surface area contributed by atoms with Crippen molar-refractivity contribution in [1.82, 2.24) is 0 Å². The Bertz CT molecular complexity index is 494. The van der Waals surface area contributed by atoms with Crippen LogP contribution < -0.4 is 5.30 Å². The smallest absolute Gasteiger partial charge is 0.0727 e. The molecule has 136 valence electrons. The van der Waals surface area contributed by atoms with E-state index >= 15 is 0 Å². The van der Waals surface area contributed by atoms with E-state index in [-0.39, 0.29) is 10.8 Å². The van der Waals surface area contributed by atoms with Gasteiger partial charge >= 0.3 is 0 Å². The molecule has 2 rings (SSSR count). The number of hydrogen-bond acceptors (Lipinski definition) is 0. The van der Waals surface area contributed by atoms with E-state index in [1.165, 1.54) is 74.2 Å². The summed E-state index contributed by atoms with van der Waals surface area (Å²) >= 11 is 13.1. The van der Waals surface area contributed by atoms with Gasteiger partial charge in [0, 0.05) is 5.30 Å². The Kier molecular flexibility index (Phi) is 7.49. The highest BCUT2D eigenvalue weighted by Gasteiger charge is 2.32. The van der Waals surface area contributed by atoms with Gasteiger partial charge in [0.15, 0.2) is 0 Å². The molecule has 0 aromatic heterocycles. The number of hydrogen-bond donors (Lipinski definition) is 0. The van der Waals surface area contributed by atoms with Gasteiger partial charge < -0.3 is 0 Å². The molecular formula is C21H33Cl2P. The highest BCUT2D eigenvalue weighted by atomic mass is 35.9. The molecule has 0 atom stereocenters. The Morgan fingerprint density at radius 2 is 1.08 bits per heavy atom. The van der Waals surface area contributed by atoms with Crippen molar-refractivity contribution in [2.24, 2.45) is 0 Å². The van der Waals surface area contributed by atoms with E-state index < -0.39 is 6.63 Å². The van der Waals surface area contributed by atoms with Crippen LogP contribution in [0.1, 0.15) is 96.6 Å². The zero-order valence-corrected chi connectivity index (χ0v) is 18.2. The van der Waals surface area contributed by atoms with Crippen LogP contribution in [-0.4, -0.2) is 0 Å². The summed E-state index contributed by atoms with van der Waals surface area (Å²) in [5.74, 6) is 0. The third-order valence-corrected chi connectivity index (χ3v) is 7.60. The maximum atomic E-state index is 6.56. The highest BCUT2D eigenvalue weighted by Crippen LogP contribution is 2.51. The van der Waals surface area contributed by atoms with Gasteiger partial charge in [0.25, 0.3) is 0 Å². The SMILES string of the molecule is CC1(C)CCCCCCCCCC(C)(C)c2cccc1c2P(Cl)Cl. The Morgan fingerprint density at radius 3 is 1.46 bits per heavy atom. The summed E-state index contributed by atoms with van der Waals surface area (Å²) in [5.41, 5.74) is 3.02. The fraction of sp³-hybridized carbons (Fsp3) is 0.714. The summed E-state index contributed by atoms with van der Waals surface area (Å²) in [7, 11) is 0. The third-order valence-electron chi connectivity index (χ3n) is 5.77. The molecule has 0 unspecified atom stereocenters. The Balaban J connectivity index is 2.49. The molecule has 24 heavy (non-hydrogen) atoms. The van der Waals surface area contributed by atoms with Gasteiger partial charge in [0.05, 0.1) is 0 Å². The number of benzene rings is 1. The molecule has 0 saturated carbocycles. The topological polar surface area (TPSA) is 0 Å². The lowest BCUT2D eigenvalue weighted by Gasteiger charge is -2.34. The molecule has 0 heterocycles. The van der Waals surface area contributed by atoms with E-state index in [0.29, 0.717) is 0 Å². The molecule has 0 fully saturated rings. The summed E-state index contributed by atoms with van der Waals surface area (Å²) in [6.45, 7) is 8.31. The minimum atomic E-state index is -1.14. The Hall–Kier alpha value is 0.230. The largest absolute Gasteiger partial charge is 0.117 e. The van der Waals surface area contributed by atoms with Crippen LogP contribution in [0.5, 0.6) is 0 Å². The number of rotatable bonds is 1. The van der Waals surface area contributed by atoms with Crippen molar-refractivity contribution < 1.29 is 0 Å². The molecule has 0 aliphatic heterocycles. The predicted molar refractivity (Wildman–Crippen MR) is 112 cm³/mol. The molecule has 0 amide bonds. The molecule has 1 aliphatic carbocycles. The molecule has 0 radical (unpaired) electrons. The molecule has 1 aromatic carbocycles. The first-order valence-electron chi connectivity index (χ1n) is 9.51. The lowest BCUT2D eigenvalue weighted by Crippen LogP contribution is -2.31. The summed E-state index contributed by atoms with van der Waals surface area (Å²) in [6.07, 6.45) is 11.9. The second kappa shape index (κ2) is 8.75. The Morgan fingerprint density at radius 1 is 0.708 bits per heavy atom. The highest BCUT2D eigenvalue weighted by molar-refractivity contribution is 8.09. The zero-order chi connectivity index (χ0) is 17.8. The normalized spacial score (nSPS) is 22.1. The molecule has 1 aromatic rings. The summed E-state index contributed by atoms with van der Waals surface area (Å²) in [5, 5.41) is 1.24. The second-order valence-electron chi connectivity index (χ2n) is 8.68. The van der Waals surface area contributed by atoms with Gasteiger partial charge in [-0.3, -0.25) is 0 Å².